The number of benzene rings is 2. The minimum absolute atomic E-state index is 1.03. The zero-order valence-electron chi connectivity index (χ0n) is 12.1. The highest BCUT2D eigenvalue weighted by atomic mass is 32.2. The van der Waals surface area contributed by atoms with Crippen molar-refractivity contribution in [2.24, 2.45) is 0 Å². The fourth-order valence-corrected chi connectivity index (χ4v) is 6.73. The molecule has 0 saturated heterocycles. The maximum Gasteiger partial charge on any atom is 0.222 e. The standard InChI is InChI=1S/C17H18NSSi/c1-20(2,3)14-9-8-12-6-7-13-5-4-10-18-11-19-17(14)15(12)16(13)18/h4-10H,11H2,1-3H3/q+1. The van der Waals surface area contributed by atoms with Crippen LogP contribution in [0.4, 0.5) is 0 Å². The van der Waals surface area contributed by atoms with E-state index < -0.39 is 8.07 Å². The first-order chi connectivity index (χ1) is 9.55. The molecule has 2 heterocycles. The van der Waals surface area contributed by atoms with Crippen LogP contribution in [-0.4, -0.2) is 8.07 Å². The van der Waals surface area contributed by atoms with Crippen LogP contribution < -0.4 is 9.75 Å². The van der Waals surface area contributed by atoms with Crippen LogP contribution in [0.3, 0.4) is 0 Å². The summed E-state index contributed by atoms with van der Waals surface area (Å²) < 4.78 is 2.39. The molecule has 4 rings (SSSR count). The lowest BCUT2D eigenvalue weighted by Gasteiger charge is -2.23. The van der Waals surface area contributed by atoms with Gasteiger partial charge in [-0.1, -0.05) is 49.6 Å². The van der Waals surface area contributed by atoms with Crippen molar-refractivity contribution >= 4 is 46.7 Å². The zero-order valence-corrected chi connectivity index (χ0v) is 13.9. The van der Waals surface area contributed by atoms with Gasteiger partial charge in [0.1, 0.15) is 0 Å². The van der Waals surface area contributed by atoms with Gasteiger partial charge in [0.2, 0.25) is 5.52 Å². The van der Waals surface area contributed by atoms with Crippen LogP contribution in [0.1, 0.15) is 0 Å². The molecule has 100 valence electrons. The number of nitrogens with zero attached hydrogens (tertiary/aromatic N) is 1. The van der Waals surface area contributed by atoms with E-state index in [1.54, 1.807) is 10.1 Å². The largest absolute Gasteiger partial charge is 0.222 e. The molecule has 0 fully saturated rings. The van der Waals surface area contributed by atoms with Crippen molar-refractivity contribution < 1.29 is 4.57 Å². The van der Waals surface area contributed by atoms with Gasteiger partial charge < -0.3 is 0 Å². The Morgan fingerprint density at radius 2 is 1.75 bits per heavy atom. The molecular weight excluding hydrogens is 278 g/mol. The molecule has 20 heavy (non-hydrogen) atoms. The van der Waals surface area contributed by atoms with Gasteiger partial charge in [0, 0.05) is 16.3 Å². The fourth-order valence-electron chi connectivity index (χ4n) is 3.14. The Labute approximate surface area is 124 Å². The Hall–Kier alpha value is -1.32. The number of rotatable bonds is 1. The maximum atomic E-state index is 2.44. The van der Waals surface area contributed by atoms with Gasteiger partial charge in [-0.2, -0.15) is 4.57 Å². The van der Waals surface area contributed by atoms with Crippen LogP contribution in [0.5, 0.6) is 0 Å². The van der Waals surface area contributed by atoms with Gasteiger partial charge in [-0.25, -0.2) is 0 Å². The van der Waals surface area contributed by atoms with E-state index in [2.05, 4.69) is 66.8 Å². The molecule has 3 aromatic rings. The molecule has 0 spiro atoms. The summed E-state index contributed by atoms with van der Waals surface area (Å²) in [5, 5.41) is 5.81. The van der Waals surface area contributed by atoms with E-state index in [0.29, 0.717) is 0 Å². The zero-order chi connectivity index (χ0) is 13.9. The fraction of sp³-hybridized carbons (Fsp3) is 0.235. The summed E-state index contributed by atoms with van der Waals surface area (Å²) in [6, 6.07) is 13.6. The molecule has 3 heteroatoms. The molecule has 0 unspecified atom stereocenters. The summed E-state index contributed by atoms with van der Waals surface area (Å²) in [5.74, 6) is 1.03. The van der Waals surface area contributed by atoms with Crippen LogP contribution in [-0.2, 0) is 5.88 Å². The minimum atomic E-state index is -1.30. The molecule has 0 N–H and O–H groups in total. The van der Waals surface area contributed by atoms with Crippen molar-refractivity contribution in [2.75, 3.05) is 0 Å². The molecule has 2 aromatic carbocycles. The van der Waals surface area contributed by atoms with Gasteiger partial charge in [0.25, 0.3) is 0 Å². The normalized spacial score (nSPS) is 14.3. The minimum Gasteiger partial charge on any atom is -0.188 e. The first kappa shape index (κ1) is 12.4. The molecule has 1 nitrogen and oxygen atoms in total. The van der Waals surface area contributed by atoms with Crippen LogP contribution >= 0.6 is 11.8 Å². The van der Waals surface area contributed by atoms with E-state index in [4.69, 9.17) is 0 Å². The van der Waals surface area contributed by atoms with E-state index >= 15 is 0 Å². The van der Waals surface area contributed by atoms with Crippen molar-refractivity contribution in [1.82, 2.24) is 0 Å². The number of hydrogen-bond acceptors (Lipinski definition) is 1. The summed E-state index contributed by atoms with van der Waals surface area (Å²) in [7, 11) is -1.30. The highest BCUT2D eigenvalue weighted by Crippen LogP contribution is 2.35. The molecule has 0 aliphatic carbocycles. The number of thioether (sulfide) groups is 1. The Morgan fingerprint density at radius 3 is 2.55 bits per heavy atom. The van der Waals surface area contributed by atoms with Crippen molar-refractivity contribution in [1.29, 1.82) is 0 Å². The van der Waals surface area contributed by atoms with E-state index in [9.17, 15) is 0 Å². The van der Waals surface area contributed by atoms with Crippen LogP contribution in [0.15, 0.2) is 47.5 Å². The van der Waals surface area contributed by atoms with Crippen molar-refractivity contribution in [3.8, 4) is 0 Å². The van der Waals surface area contributed by atoms with Crippen LogP contribution in [0.2, 0.25) is 19.6 Å². The topological polar surface area (TPSA) is 3.88 Å². The number of hydrogen-bond donors (Lipinski definition) is 0. The molecule has 0 atom stereocenters. The summed E-state index contributed by atoms with van der Waals surface area (Å²) in [5.41, 5.74) is 1.42. The maximum absolute atomic E-state index is 2.44. The lowest BCUT2D eigenvalue weighted by molar-refractivity contribution is -0.649. The van der Waals surface area contributed by atoms with Crippen molar-refractivity contribution in [2.45, 2.75) is 30.4 Å². The second-order valence-electron chi connectivity index (χ2n) is 6.55. The third-order valence-corrected chi connectivity index (χ3v) is 7.46. The predicted octanol–water partition coefficient (Wildman–Crippen LogP) is 3.89. The lowest BCUT2D eigenvalue weighted by Crippen LogP contribution is -2.41. The second-order valence-corrected chi connectivity index (χ2v) is 12.5. The Balaban J connectivity index is 2.25. The Bertz CT molecular complexity index is 849. The van der Waals surface area contributed by atoms with Crippen molar-refractivity contribution in [3.05, 3.63) is 42.6 Å². The van der Waals surface area contributed by atoms with Crippen molar-refractivity contribution in [3.63, 3.8) is 0 Å². The summed E-state index contributed by atoms with van der Waals surface area (Å²) in [6.45, 7) is 7.33. The van der Waals surface area contributed by atoms with Gasteiger partial charge in [-0.15, -0.1) is 0 Å². The van der Waals surface area contributed by atoms with Gasteiger partial charge in [-0.3, -0.25) is 0 Å². The molecule has 0 saturated carbocycles. The quantitative estimate of drug-likeness (QED) is 0.374. The Kier molecular flexibility index (Phi) is 2.54. The first-order valence-corrected chi connectivity index (χ1v) is 11.6. The highest BCUT2D eigenvalue weighted by molar-refractivity contribution is 7.98. The molecule has 0 amide bonds. The Morgan fingerprint density at radius 1 is 1.00 bits per heavy atom. The molecule has 0 radical (unpaired) electrons. The molecule has 1 aliphatic rings. The number of aromatic nitrogens is 1. The highest BCUT2D eigenvalue weighted by Gasteiger charge is 2.28. The number of pyridine rings is 1. The second kappa shape index (κ2) is 4.09. The predicted molar refractivity (Wildman–Crippen MR) is 90.5 cm³/mol. The monoisotopic (exact) mass is 296 g/mol. The van der Waals surface area contributed by atoms with E-state index in [1.165, 1.54) is 21.7 Å². The van der Waals surface area contributed by atoms with E-state index in [-0.39, 0.29) is 0 Å². The third kappa shape index (κ3) is 1.66. The van der Waals surface area contributed by atoms with Gasteiger partial charge >= 0.3 is 0 Å². The SMILES string of the molecule is C[Si](C)(C)c1ccc2ccc3ccc[n+]4c3c2c1SC4. The molecule has 1 aliphatic heterocycles. The van der Waals surface area contributed by atoms with E-state index in [0.717, 1.165) is 5.88 Å². The summed E-state index contributed by atoms with van der Waals surface area (Å²) >= 11 is 2.01. The van der Waals surface area contributed by atoms with E-state index in [1.807, 2.05) is 11.8 Å². The third-order valence-electron chi connectivity index (χ3n) is 4.13. The lowest BCUT2D eigenvalue weighted by atomic mass is 10.1. The van der Waals surface area contributed by atoms with Gasteiger partial charge in [-0.05, 0) is 22.7 Å². The molecule has 0 bridgehead atoms. The van der Waals surface area contributed by atoms with Gasteiger partial charge in [0.05, 0.1) is 13.5 Å². The summed E-state index contributed by atoms with van der Waals surface area (Å²) in [4.78, 5) is 1.54. The molecular formula is C17H18NSSi+. The van der Waals surface area contributed by atoms with Crippen LogP contribution in [0.25, 0.3) is 21.7 Å². The average molecular weight is 296 g/mol. The molecule has 1 aromatic heterocycles. The van der Waals surface area contributed by atoms with Crippen LogP contribution in [0, 0.1) is 0 Å². The first-order valence-electron chi connectivity index (χ1n) is 7.07. The average Bonchev–Trinajstić information content (AvgIpc) is 2.43. The summed E-state index contributed by atoms with van der Waals surface area (Å²) in [6.07, 6.45) is 2.21. The van der Waals surface area contributed by atoms with Gasteiger partial charge in [0.15, 0.2) is 12.1 Å². The smallest absolute Gasteiger partial charge is 0.188 e.